The van der Waals surface area contributed by atoms with Crippen molar-refractivity contribution in [1.29, 1.82) is 0 Å². The third-order valence-corrected chi connectivity index (χ3v) is 7.31. The quantitative estimate of drug-likeness (QED) is 0.0454. The zero-order valence-electron chi connectivity index (χ0n) is 27.1. The van der Waals surface area contributed by atoms with Gasteiger partial charge in [-0.25, -0.2) is 0 Å². The molecule has 2 aliphatic heterocycles. The highest BCUT2D eigenvalue weighted by Crippen LogP contribution is 2.23. The molecule has 10 atom stereocenters. The molecule has 47 heavy (non-hydrogen) atoms. The number of amides is 2. The van der Waals surface area contributed by atoms with Crippen molar-refractivity contribution in [2.75, 3.05) is 86.3 Å². The number of hydrogen-bond acceptors (Lipinski definition) is 17. The van der Waals surface area contributed by atoms with Gasteiger partial charge < -0.3 is 84.5 Å². The lowest BCUT2D eigenvalue weighted by molar-refractivity contribution is -0.272. The molecule has 0 bridgehead atoms. The van der Waals surface area contributed by atoms with Gasteiger partial charge >= 0.3 is 0 Å². The van der Waals surface area contributed by atoms with Gasteiger partial charge in [-0.05, 0) is 7.05 Å². The predicted molar refractivity (Wildman–Crippen MR) is 159 cm³/mol. The zero-order valence-corrected chi connectivity index (χ0v) is 27.1. The summed E-state index contributed by atoms with van der Waals surface area (Å²) in [6.07, 6.45) is -9.84. The lowest BCUT2D eigenvalue weighted by atomic mass is 9.97. The third kappa shape index (κ3) is 14.4. The molecule has 10 unspecified atom stereocenters. The van der Waals surface area contributed by atoms with Crippen LogP contribution in [0.15, 0.2) is 0 Å². The first kappa shape index (κ1) is 41.5. The highest BCUT2D eigenvalue weighted by atomic mass is 16.7. The monoisotopic (exact) mass is 687 g/mol. The van der Waals surface area contributed by atoms with Gasteiger partial charge in [0.05, 0.1) is 85.3 Å². The molecule has 9 N–H and O–H groups in total. The number of nitrogens with one attached hydrogen (secondary N) is 3. The standard InChI is InChI=1S/C28H53N3O16/c1-16(34)30-21-25(38)23(36)19(12-32)46-27(21)44-10-8-40-4-6-42-14-18(29-3)15-43-7-5-41-9-11-45-28-22(31-17(2)35)26(39)24(37)20(13-33)47-28/h18-29,32-33,36-39H,4-15H2,1-3H3,(H,30,34)(H,31,35). The van der Waals surface area contributed by atoms with Crippen LogP contribution in [0.1, 0.15) is 13.8 Å². The molecule has 2 fully saturated rings. The van der Waals surface area contributed by atoms with Crippen LogP contribution in [0.2, 0.25) is 0 Å². The highest BCUT2D eigenvalue weighted by molar-refractivity contribution is 5.73. The Bertz CT molecular complexity index is 812. The van der Waals surface area contributed by atoms with Crippen molar-refractivity contribution in [2.24, 2.45) is 0 Å². The normalized spacial score (nSPS) is 31.8. The molecule has 0 aliphatic carbocycles. The van der Waals surface area contributed by atoms with Gasteiger partial charge in [-0.15, -0.1) is 0 Å². The molecule has 0 aromatic rings. The summed E-state index contributed by atoms with van der Waals surface area (Å²) in [5, 5.41) is 67.5. The Kier molecular flexibility index (Phi) is 20.2. The summed E-state index contributed by atoms with van der Waals surface area (Å²) in [5.74, 6) is -0.882. The minimum absolute atomic E-state index is 0.0618. The van der Waals surface area contributed by atoms with Gasteiger partial charge in [0.15, 0.2) is 12.6 Å². The maximum absolute atomic E-state index is 11.5. The average molecular weight is 688 g/mol. The largest absolute Gasteiger partial charge is 0.394 e. The molecule has 0 radical (unpaired) electrons. The Morgan fingerprint density at radius 3 is 1.32 bits per heavy atom. The van der Waals surface area contributed by atoms with E-state index in [1.807, 2.05) is 0 Å². The average Bonchev–Trinajstić information content (AvgIpc) is 3.04. The van der Waals surface area contributed by atoms with Gasteiger partial charge in [0.2, 0.25) is 11.8 Å². The van der Waals surface area contributed by atoms with Crippen LogP contribution in [0.3, 0.4) is 0 Å². The summed E-state index contributed by atoms with van der Waals surface area (Å²) in [7, 11) is 1.77. The molecule has 19 nitrogen and oxygen atoms in total. The first-order chi connectivity index (χ1) is 22.5. The van der Waals surface area contributed by atoms with Gasteiger partial charge in [0, 0.05) is 13.8 Å². The van der Waals surface area contributed by atoms with Crippen molar-refractivity contribution < 1.29 is 78.1 Å². The van der Waals surface area contributed by atoms with Crippen molar-refractivity contribution >= 4 is 11.8 Å². The number of likely N-dealkylation sites (N-methyl/N-ethyl adjacent to an activating group) is 1. The predicted octanol–water partition coefficient (Wildman–Crippen LogP) is -5.44. The number of rotatable bonds is 23. The fourth-order valence-electron chi connectivity index (χ4n) is 4.78. The molecular formula is C28H53N3O16. The van der Waals surface area contributed by atoms with E-state index >= 15 is 0 Å². The van der Waals surface area contributed by atoms with Crippen LogP contribution < -0.4 is 16.0 Å². The minimum Gasteiger partial charge on any atom is -0.394 e. The molecule has 0 spiro atoms. The van der Waals surface area contributed by atoms with Crippen LogP contribution in [-0.4, -0.2) is 196 Å². The summed E-state index contributed by atoms with van der Waals surface area (Å²) in [4.78, 5) is 23.0. The molecule has 2 rings (SSSR count). The van der Waals surface area contributed by atoms with Crippen molar-refractivity contribution in [3.05, 3.63) is 0 Å². The van der Waals surface area contributed by atoms with Crippen molar-refractivity contribution in [1.82, 2.24) is 16.0 Å². The highest BCUT2D eigenvalue weighted by Gasteiger charge is 2.46. The van der Waals surface area contributed by atoms with Crippen LogP contribution in [-0.2, 0) is 47.5 Å². The summed E-state index contributed by atoms with van der Waals surface area (Å²) in [6.45, 7) is 3.77. The summed E-state index contributed by atoms with van der Waals surface area (Å²) < 4.78 is 44.4. The molecule has 2 aliphatic rings. The number of aliphatic hydroxyl groups is 6. The van der Waals surface area contributed by atoms with E-state index in [-0.39, 0.29) is 45.7 Å². The molecule has 19 heteroatoms. The number of aliphatic hydroxyl groups excluding tert-OH is 6. The maximum Gasteiger partial charge on any atom is 0.217 e. The summed E-state index contributed by atoms with van der Waals surface area (Å²) in [6, 6.07) is -2.13. The Morgan fingerprint density at radius 2 is 0.979 bits per heavy atom. The van der Waals surface area contributed by atoms with E-state index < -0.39 is 86.3 Å². The second-order valence-electron chi connectivity index (χ2n) is 11.0. The number of carbonyl (C=O) groups is 2. The first-order valence-electron chi connectivity index (χ1n) is 15.5. The fourth-order valence-corrected chi connectivity index (χ4v) is 4.78. The Labute approximate surface area is 273 Å². The van der Waals surface area contributed by atoms with Crippen molar-refractivity contribution in [2.45, 2.75) is 81.2 Å². The Morgan fingerprint density at radius 1 is 0.617 bits per heavy atom. The molecule has 276 valence electrons. The fraction of sp³-hybridized carbons (Fsp3) is 0.929. The molecule has 0 saturated carbocycles. The van der Waals surface area contributed by atoms with Crippen molar-refractivity contribution in [3.8, 4) is 0 Å². The van der Waals surface area contributed by atoms with Crippen LogP contribution in [0.5, 0.6) is 0 Å². The zero-order chi connectivity index (χ0) is 34.8. The molecule has 2 heterocycles. The number of ether oxygens (including phenoxy) is 8. The SMILES string of the molecule is CNC(COCCOCCOC1OC(CO)C(O)C(O)C1NC(C)=O)COCCOCCOC1OC(CO)C(O)C(O)C1NC(C)=O. The summed E-state index contributed by atoms with van der Waals surface area (Å²) >= 11 is 0. The first-order valence-corrected chi connectivity index (χ1v) is 15.5. The second kappa shape index (κ2) is 22.9. The van der Waals surface area contributed by atoms with Gasteiger partial charge in [-0.1, -0.05) is 0 Å². The lowest BCUT2D eigenvalue weighted by Gasteiger charge is -2.42. The van der Waals surface area contributed by atoms with Crippen LogP contribution in [0.25, 0.3) is 0 Å². The van der Waals surface area contributed by atoms with Gasteiger partial charge in [-0.3, -0.25) is 9.59 Å². The van der Waals surface area contributed by atoms with Crippen LogP contribution in [0, 0.1) is 0 Å². The Hall–Kier alpha value is -1.66. The molecule has 2 amide bonds. The van der Waals surface area contributed by atoms with Crippen molar-refractivity contribution in [3.63, 3.8) is 0 Å². The van der Waals surface area contributed by atoms with E-state index in [4.69, 9.17) is 37.9 Å². The van der Waals surface area contributed by atoms with Crippen LogP contribution in [0.4, 0.5) is 0 Å². The number of hydrogen-bond donors (Lipinski definition) is 9. The van der Waals surface area contributed by atoms with E-state index in [0.717, 1.165) is 0 Å². The van der Waals surface area contributed by atoms with E-state index in [9.17, 15) is 40.2 Å². The third-order valence-electron chi connectivity index (χ3n) is 7.31. The Balaban J connectivity index is 1.52. The topological polar surface area (TPSA) is 265 Å². The molecular weight excluding hydrogens is 634 g/mol. The van der Waals surface area contributed by atoms with E-state index in [0.29, 0.717) is 26.4 Å². The minimum atomic E-state index is -1.39. The second-order valence-corrected chi connectivity index (χ2v) is 11.0. The molecule has 2 saturated heterocycles. The molecule has 0 aromatic carbocycles. The molecule has 0 aromatic heterocycles. The van der Waals surface area contributed by atoms with E-state index in [2.05, 4.69) is 16.0 Å². The maximum atomic E-state index is 11.5. The smallest absolute Gasteiger partial charge is 0.217 e. The van der Waals surface area contributed by atoms with Gasteiger partial charge in [-0.2, -0.15) is 0 Å². The van der Waals surface area contributed by atoms with Gasteiger partial charge in [0.25, 0.3) is 0 Å². The van der Waals surface area contributed by atoms with Gasteiger partial charge in [0.1, 0.15) is 48.7 Å². The summed E-state index contributed by atoms with van der Waals surface area (Å²) in [5.41, 5.74) is 0. The number of carbonyl (C=O) groups excluding carboxylic acids is 2. The lowest BCUT2D eigenvalue weighted by Crippen LogP contribution is -2.64. The van der Waals surface area contributed by atoms with Crippen LogP contribution >= 0.6 is 0 Å². The van der Waals surface area contributed by atoms with E-state index in [1.54, 1.807) is 7.05 Å². The van der Waals surface area contributed by atoms with E-state index in [1.165, 1.54) is 13.8 Å².